The van der Waals surface area contributed by atoms with E-state index < -0.39 is 41.7 Å². The number of thiophene rings is 2. The Bertz CT molecular complexity index is 3370. The minimum absolute atomic E-state index is 0.0981. The van der Waals surface area contributed by atoms with Crippen LogP contribution in [0.25, 0.3) is 21.8 Å². The molecule has 0 unspecified atom stereocenters. The van der Waals surface area contributed by atoms with E-state index in [9.17, 15) is 33.9 Å². The highest BCUT2D eigenvalue weighted by Crippen LogP contribution is 2.23. The summed E-state index contributed by atoms with van der Waals surface area (Å²) >= 11 is 2.54. The number of H-pyrrole nitrogens is 2. The molecule has 79 heavy (non-hydrogen) atoms. The molecule has 0 bridgehead atoms. The minimum atomic E-state index is -1.31. The van der Waals surface area contributed by atoms with E-state index in [0.29, 0.717) is 57.5 Å². The molecule has 412 valence electrons. The van der Waals surface area contributed by atoms with E-state index >= 15 is 0 Å². The van der Waals surface area contributed by atoms with Gasteiger partial charge in [0, 0.05) is 37.0 Å². The van der Waals surface area contributed by atoms with Crippen LogP contribution >= 0.6 is 22.7 Å². The molecule has 2 atom stereocenters. The Morgan fingerprint density at radius 1 is 0.608 bits per heavy atom. The van der Waals surface area contributed by atoms with Crippen molar-refractivity contribution in [2.24, 2.45) is 0 Å². The number of aryl methyl sites for hydroxylation is 6. The smallest absolute Gasteiger partial charge is 0.330 e. The molecule has 1 aliphatic carbocycles. The number of ether oxygens (including phenoxy) is 1. The third kappa shape index (κ3) is 15.1. The van der Waals surface area contributed by atoms with Crippen molar-refractivity contribution in [2.45, 2.75) is 97.2 Å². The van der Waals surface area contributed by atoms with Crippen molar-refractivity contribution in [1.82, 2.24) is 61.6 Å². The lowest BCUT2D eigenvalue weighted by Gasteiger charge is -2.21. The fourth-order valence-corrected chi connectivity index (χ4v) is 10.5. The van der Waals surface area contributed by atoms with E-state index in [2.05, 4.69) is 84.4 Å². The Morgan fingerprint density at radius 2 is 1.05 bits per heavy atom. The van der Waals surface area contributed by atoms with Gasteiger partial charge in [-0.25, -0.2) is 29.5 Å². The summed E-state index contributed by atoms with van der Waals surface area (Å²) in [6.45, 7) is 7.73. The van der Waals surface area contributed by atoms with Crippen molar-refractivity contribution in [2.75, 3.05) is 36.8 Å². The second-order valence-corrected chi connectivity index (χ2v) is 20.7. The Morgan fingerprint density at radius 3 is 1.48 bits per heavy atom. The predicted octanol–water partition coefficient (Wildman–Crippen LogP) is 6.78. The molecule has 2 aromatic carbocycles. The molecular weight excluding hydrogens is 1050 g/mol. The summed E-state index contributed by atoms with van der Waals surface area (Å²) in [5, 5.41) is 46.4. The molecule has 8 aromatic rings. The van der Waals surface area contributed by atoms with E-state index in [1.807, 2.05) is 36.7 Å². The number of anilines is 2. The molecule has 0 radical (unpaired) electrons. The van der Waals surface area contributed by atoms with E-state index in [1.54, 1.807) is 62.7 Å². The standard InChI is InChI=1S/C30H35N7O4S.C25H27N7O4S/c1-18-26(19(2)35-30(34-18)31-14-6-9-20-8-5-12-23-22(20)16-33-37-23)28(39)36-24(29(40)41-21-10-3-4-11-21)17-32-27(38)25-13-7-15-42-25;1-14-21(23(34)31-19(24(35)36)13-27-22(33)20-9-5-11-37-20)15(2)30-25(29-14)26-10-4-7-16-6-3-8-18-17(16)12-28-32-18/h5,7-8,12-13,15-16,21,24H,3-4,6,9-11,14,17H2,1-2H3,(H,32,38)(H,33,37)(H,36,39)(H,31,34,35);3,5-6,8-9,11-12,19H,4,7,10,13H2,1-2H3,(H,27,33)(H,28,32)(H,31,34)(H,35,36)(H,26,29,30)/t24-;19-/m00/s1. The molecule has 1 aliphatic rings. The highest BCUT2D eigenvalue weighted by atomic mass is 32.1. The number of carbonyl (C=O) groups excluding carboxylic acids is 5. The number of amides is 4. The van der Waals surface area contributed by atoms with Crippen LogP contribution in [0.2, 0.25) is 0 Å². The molecule has 1 saturated carbocycles. The molecule has 0 spiro atoms. The summed E-state index contributed by atoms with van der Waals surface area (Å²) in [7, 11) is 0. The normalized spacial score (nSPS) is 13.0. The van der Waals surface area contributed by atoms with Gasteiger partial charge in [0.2, 0.25) is 11.9 Å². The van der Waals surface area contributed by atoms with Crippen LogP contribution in [-0.2, 0) is 27.2 Å². The molecule has 0 aliphatic heterocycles. The number of hydrogen-bond donors (Lipinski definition) is 9. The first-order valence-electron chi connectivity index (χ1n) is 25.9. The van der Waals surface area contributed by atoms with Crippen LogP contribution in [0.15, 0.2) is 83.8 Å². The van der Waals surface area contributed by atoms with Crippen molar-refractivity contribution in [3.8, 4) is 0 Å². The molecule has 0 saturated heterocycles. The number of carbonyl (C=O) groups is 6. The number of esters is 1. The first-order chi connectivity index (χ1) is 38.2. The Labute approximate surface area is 462 Å². The summed E-state index contributed by atoms with van der Waals surface area (Å²) < 4.78 is 5.67. The lowest BCUT2D eigenvalue weighted by atomic mass is 10.1. The summed E-state index contributed by atoms with van der Waals surface area (Å²) in [5.74, 6) is -2.83. The topological polar surface area (TPSA) is 313 Å². The molecule has 9 N–H and O–H groups in total. The van der Waals surface area contributed by atoms with Crippen molar-refractivity contribution in [3.63, 3.8) is 0 Å². The zero-order valence-electron chi connectivity index (χ0n) is 44.1. The first kappa shape index (κ1) is 56.6. The van der Waals surface area contributed by atoms with Crippen LogP contribution in [0.4, 0.5) is 11.9 Å². The molecule has 6 aromatic heterocycles. The zero-order valence-corrected chi connectivity index (χ0v) is 45.7. The molecule has 22 nitrogen and oxygen atoms in total. The zero-order chi connectivity index (χ0) is 55.8. The van der Waals surface area contributed by atoms with Gasteiger partial charge in [-0.2, -0.15) is 10.2 Å². The van der Waals surface area contributed by atoms with Gasteiger partial charge in [-0.15, -0.1) is 22.7 Å². The monoisotopic (exact) mass is 1110 g/mol. The second kappa shape index (κ2) is 27.1. The van der Waals surface area contributed by atoms with E-state index in [4.69, 9.17) is 4.74 Å². The summed E-state index contributed by atoms with van der Waals surface area (Å²) in [4.78, 5) is 94.4. The van der Waals surface area contributed by atoms with Crippen molar-refractivity contribution in [3.05, 3.63) is 139 Å². The van der Waals surface area contributed by atoms with Crippen molar-refractivity contribution < 1.29 is 38.6 Å². The number of nitrogens with one attached hydrogen (secondary N) is 8. The molecule has 1 fully saturated rings. The molecular formula is C55H62N14O8S2. The summed E-state index contributed by atoms with van der Waals surface area (Å²) in [5.41, 5.74) is 6.73. The maximum atomic E-state index is 13.4. The lowest BCUT2D eigenvalue weighted by molar-refractivity contribution is -0.151. The van der Waals surface area contributed by atoms with Crippen LogP contribution in [0.3, 0.4) is 0 Å². The van der Waals surface area contributed by atoms with Crippen LogP contribution in [-0.4, -0.2) is 125 Å². The third-order valence-corrected chi connectivity index (χ3v) is 14.9. The Balaban J connectivity index is 0.000000210. The second-order valence-electron chi connectivity index (χ2n) is 18.9. The van der Waals surface area contributed by atoms with Crippen LogP contribution in [0.5, 0.6) is 0 Å². The van der Waals surface area contributed by atoms with Gasteiger partial charge in [0.25, 0.3) is 23.6 Å². The number of fused-ring (bicyclic) bond motifs is 2. The average Bonchev–Trinajstić information content (AvgIpc) is 4.34. The van der Waals surface area contributed by atoms with Crippen molar-refractivity contribution >= 4 is 91.9 Å². The maximum absolute atomic E-state index is 13.4. The van der Waals surface area contributed by atoms with Crippen LogP contribution < -0.4 is 31.9 Å². The summed E-state index contributed by atoms with van der Waals surface area (Å²) in [6, 6.07) is 16.6. The van der Waals surface area contributed by atoms with E-state index in [-0.39, 0.29) is 36.2 Å². The fraction of sp³-hybridized carbons (Fsp3) is 0.345. The van der Waals surface area contributed by atoms with Gasteiger partial charge in [0.05, 0.1) is 67.1 Å². The van der Waals surface area contributed by atoms with Gasteiger partial charge >= 0.3 is 11.9 Å². The predicted molar refractivity (Wildman–Crippen MR) is 301 cm³/mol. The first-order valence-corrected chi connectivity index (χ1v) is 27.7. The third-order valence-electron chi connectivity index (χ3n) is 13.2. The number of aromatic amines is 2. The number of aliphatic carboxylic acids is 1. The SMILES string of the molecule is Cc1nc(NCCCc2cccc3[nH]ncc23)nc(C)c1C(=O)N[C@@H](CNC(=O)c1cccs1)C(=O)O.Cc1nc(NCCCc2cccc3[nH]ncc23)nc(C)c1C(=O)N[C@@H](CNC(=O)c1cccs1)C(=O)OC1CCCC1. The number of benzene rings is 2. The van der Waals surface area contributed by atoms with Crippen LogP contribution in [0, 0.1) is 27.7 Å². The lowest BCUT2D eigenvalue weighted by Crippen LogP contribution is -2.50. The highest BCUT2D eigenvalue weighted by Gasteiger charge is 2.30. The van der Waals surface area contributed by atoms with Gasteiger partial charge in [-0.3, -0.25) is 29.4 Å². The number of nitrogens with zero attached hydrogens (tertiary/aromatic N) is 6. The van der Waals surface area contributed by atoms with E-state index in [1.165, 1.54) is 33.8 Å². The van der Waals surface area contributed by atoms with Gasteiger partial charge in [0.15, 0.2) is 0 Å². The quantitative estimate of drug-likeness (QED) is 0.0235. The highest BCUT2D eigenvalue weighted by molar-refractivity contribution is 7.12. The van der Waals surface area contributed by atoms with E-state index in [0.717, 1.165) is 73.2 Å². The number of carboxylic acids is 1. The average molecular weight is 1110 g/mol. The molecule has 4 amide bonds. The fourth-order valence-electron chi connectivity index (χ4n) is 9.19. The van der Waals surface area contributed by atoms with Crippen LogP contribution in [0.1, 0.15) is 112 Å². The number of rotatable bonds is 23. The number of aromatic nitrogens is 8. The van der Waals surface area contributed by atoms with Gasteiger partial charge in [-0.05, 0) is 125 Å². The largest absolute Gasteiger partial charge is 0.480 e. The van der Waals surface area contributed by atoms with Gasteiger partial charge < -0.3 is 41.7 Å². The molecule has 6 heterocycles. The Kier molecular flexibility index (Phi) is 19.4. The maximum Gasteiger partial charge on any atom is 0.330 e. The number of carboxylic acid groups (broad SMARTS) is 1. The van der Waals surface area contributed by atoms with Crippen molar-refractivity contribution in [1.29, 1.82) is 0 Å². The van der Waals surface area contributed by atoms with Gasteiger partial charge in [-0.1, -0.05) is 36.4 Å². The molecule has 9 rings (SSSR count). The molecule has 24 heteroatoms. The Hall–Kier alpha value is -8.64. The van der Waals surface area contributed by atoms with Gasteiger partial charge in [0.1, 0.15) is 18.2 Å². The number of hydrogen-bond acceptors (Lipinski definition) is 17. The minimum Gasteiger partial charge on any atom is -0.480 e. The summed E-state index contributed by atoms with van der Waals surface area (Å²) in [6.07, 6.45) is 10.5.